The fraction of sp³-hybridized carbons (Fsp3) is 0.267. The third-order valence-electron chi connectivity index (χ3n) is 2.82. The quantitative estimate of drug-likeness (QED) is 0.443. The molecule has 0 N–H and O–H groups in total. The van der Waals surface area contributed by atoms with E-state index < -0.39 is 10.9 Å². The summed E-state index contributed by atoms with van der Waals surface area (Å²) in [6.45, 7) is 2.25. The van der Waals surface area contributed by atoms with Gasteiger partial charge in [-0.2, -0.15) is 0 Å². The Bertz CT molecular complexity index is 650. The standard InChI is InChI=1S/C15H15NO5S/c1-11-2-4-13(5-3-11)20-7-6-15(17)21-9-12-8-14(16(18)19)22-10-12/h2-5,8,10H,6-7,9H2,1H3. The molecule has 0 saturated carbocycles. The summed E-state index contributed by atoms with van der Waals surface area (Å²) < 4.78 is 10.5. The number of esters is 1. The monoisotopic (exact) mass is 321 g/mol. The molecule has 0 bridgehead atoms. The number of nitro groups is 1. The minimum atomic E-state index is -0.467. The minimum Gasteiger partial charge on any atom is -0.493 e. The van der Waals surface area contributed by atoms with Gasteiger partial charge in [-0.25, -0.2) is 0 Å². The van der Waals surface area contributed by atoms with E-state index in [4.69, 9.17) is 9.47 Å². The lowest BCUT2D eigenvalue weighted by molar-refractivity contribution is -0.380. The van der Waals surface area contributed by atoms with Crippen LogP contribution in [0.15, 0.2) is 35.7 Å². The van der Waals surface area contributed by atoms with Crippen molar-refractivity contribution in [3.05, 3.63) is 57.0 Å². The lowest BCUT2D eigenvalue weighted by Crippen LogP contribution is -2.09. The number of hydrogen-bond acceptors (Lipinski definition) is 6. The van der Waals surface area contributed by atoms with Crippen molar-refractivity contribution < 1.29 is 19.2 Å². The maximum absolute atomic E-state index is 11.6. The van der Waals surface area contributed by atoms with E-state index in [1.54, 1.807) is 5.38 Å². The van der Waals surface area contributed by atoms with E-state index in [2.05, 4.69) is 0 Å². The Morgan fingerprint density at radius 3 is 2.68 bits per heavy atom. The van der Waals surface area contributed by atoms with Crippen LogP contribution in [0.3, 0.4) is 0 Å². The average Bonchev–Trinajstić information content (AvgIpc) is 2.96. The van der Waals surface area contributed by atoms with Crippen LogP contribution in [0.4, 0.5) is 5.00 Å². The van der Waals surface area contributed by atoms with Crippen molar-refractivity contribution in [1.82, 2.24) is 0 Å². The van der Waals surface area contributed by atoms with Gasteiger partial charge in [0.15, 0.2) is 0 Å². The molecule has 0 atom stereocenters. The van der Waals surface area contributed by atoms with Crippen LogP contribution < -0.4 is 4.74 Å². The summed E-state index contributed by atoms with van der Waals surface area (Å²) in [6, 6.07) is 8.94. The highest BCUT2D eigenvalue weighted by Gasteiger charge is 2.11. The molecule has 22 heavy (non-hydrogen) atoms. The van der Waals surface area contributed by atoms with Gasteiger partial charge in [0.2, 0.25) is 0 Å². The van der Waals surface area contributed by atoms with Gasteiger partial charge in [-0.1, -0.05) is 29.0 Å². The Morgan fingerprint density at radius 2 is 2.05 bits per heavy atom. The van der Waals surface area contributed by atoms with Crippen LogP contribution in [0.2, 0.25) is 0 Å². The number of hydrogen-bond donors (Lipinski definition) is 0. The summed E-state index contributed by atoms with van der Waals surface area (Å²) in [5, 5.41) is 12.2. The highest BCUT2D eigenvalue weighted by molar-refractivity contribution is 7.13. The summed E-state index contributed by atoms with van der Waals surface area (Å²) in [6.07, 6.45) is 0.125. The predicted molar refractivity (Wildman–Crippen MR) is 82.1 cm³/mol. The Hall–Kier alpha value is -2.41. The molecule has 1 aromatic carbocycles. The second kappa shape index (κ2) is 7.56. The minimum absolute atomic E-state index is 0.0354. The normalized spacial score (nSPS) is 10.2. The molecule has 116 valence electrons. The van der Waals surface area contributed by atoms with Crippen LogP contribution in [0.25, 0.3) is 0 Å². The molecule has 0 spiro atoms. The number of thiophene rings is 1. The largest absolute Gasteiger partial charge is 0.493 e. The van der Waals surface area contributed by atoms with Gasteiger partial charge < -0.3 is 9.47 Å². The first-order valence-corrected chi connectivity index (χ1v) is 7.49. The van der Waals surface area contributed by atoms with Gasteiger partial charge in [-0.15, -0.1) is 0 Å². The van der Waals surface area contributed by atoms with Gasteiger partial charge in [-0.05, 0) is 19.1 Å². The molecule has 2 aromatic rings. The molecular formula is C15H15NO5S. The van der Waals surface area contributed by atoms with Crippen molar-refractivity contribution in [2.45, 2.75) is 20.0 Å². The van der Waals surface area contributed by atoms with Gasteiger partial charge >= 0.3 is 11.0 Å². The van der Waals surface area contributed by atoms with E-state index >= 15 is 0 Å². The zero-order valence-electron chi connectivity index (χ0n) is 12.0. The molecule has 0 aliphatic heterocycles. The maximum atomic E-state index is 11.6. The highest BCUT2D eigenvalue weighted by atomic mass is 32.1. The van der Waals surface area contributed by atoms with E-state index in [1.807, 2.05) is 31.2 Å². The lowest BCUT2D eigenvalue weighted by atomic mass is 10.2. The van der Waals surface area contributed by atoms with Crippen molar-refractivity contribution in [2.75, 3.05) is 6.61 Å². The molecule has 0 aliphatic rings. The lowest BCUT2D eigenvalue weighted by Gasteiger charge is -2.06. The fourth-order valence-corrected chi connectivity index (χ4v) is 2.37. The van der Waals surface area contributed by atoms with E-state index in [9.17, 15) is 14.9 Å². The number of carbonyl (C=O) groups excluding carboxylic acids is 1. The van der Waals surface area contributed by atoms with Crippen molar-refractivity contribution in [3.63, 3.8) is 0 Å². The molecule has 0 radical (unpaired) electrons. The Labute approximate surface area is 131 Å². The van der Waals surface area contributed by atoms with Crippen LogP contribution >= 0.6 is 11.3 Å². The van der Waals surface area contributed by atoms with Crippen molar-refractivity contribution in [3.8, 4) is 5.75 Å². The second-order valence-corrected chi connectivity index (χ2v) is 5.51. The van der Waals surface area contributed by atoms with Crippen LogP contribution in [0.5, 0.6) is 5.75 Å². The molecule has 7 heteroatoms. The summed E-state index contributed by atoms with van der Waals surface area (Å²) >= 11 is 1.01. The molecule has 6 nitrogen and oxygen atoms in total. The second-order valence-electron chi connectivity index (χ2n) is 4.62. The number of aryl methyl sites for hydroxylation is 1. The first-order chi connectivity index (χ1) is 10.5. The molecule has 0 saturated heterocycles. The third kappa shape index (κ3) is 4.85. The maximum Gasteiger partial charge on any atom is 0.324 e. The van der Waals surface area contributed by atoms with Crippen LogP contribution in [-0.4, -0.2) is 17.5 Å². The average molecular weight is 321 g/mol. The molecular weight excluding hydrogens is 306 g/mol. The number of ether oxygens (including phenoxy) is 2. The zero-order valence-corrected chi connectivity index (χ0v) is 12.8. The highest BCUT2D eigenvalue weighted by Crippen LogP contribution is 2.23. The zero-order chi connectivity index (χ0) is 15.9. The molecule has 1 aromatic heterocycles. The molecule has 0 fully saturated rings. The molecule has 0 aliphatic carbocycles. The Kier molecular flexibility index (Phi) is 5.48. The smallest absolute Gasteiger partial charge is 0.324 e. The summed E-state index contributed by atoms with van der Waals surface area (Å²) in [4.78, 5) is 21.6. The summed E-state index contributed by atoms with van der Waals surface area (Å²) in [5.74, 6) is 0.299. The summed E-state index contributed by atoms with van der Waals surface area (Å²) in [7, 11) is 0. The fourth-order valence-electron chi connectivity index (χ4n) is 1.66. The van der Waals surface area contributed by atoms with E-state index in [-0.39, 0.29) is 24.6 Å². The van der Waals surface area contributed by atoms with E-state index in [0.717, 1.165) is 16.9 Å². The van der Waals surface area contributed by atoms with Crippen LogP contribution in [0, 0.1) is 17.0 Å². The Balaban J connectivity index is 1.69. The number of carbonyl (C=O) groups is 1. The van der Waals surface area contributed by atoms with Gasteiger partial charge in [0.1, 0.15) is 12.4 Å². The Morgan fingerprint density at radius 1 is 1.32 bits per heavy atom. The van der Waals surface area contributed by atoms with Gasteiger partial charge in [-0.3, -0.25) is 14.9 Å². The van der Waals surface area contributed by atoms with Gasteiger partial charge in [0.05, 0.1) is 18.0 Å². The summed E-state index contributed by atoms with van der Waals surface area (Å²) in [5.41, 5.74) is 1.75. The topological polar surface area (TPSA) is 78.7 Å². The van der Waals surface area contributed by atoms with Crippen molar-refractivity contribution >= 4 is 22.3 Å². The molecule has 0 amide bonds. The van der Waals surface area contributed by atoms with Crippen LogP contribution in [0.1, 0.15) is 17.5 Å². The van der Waals surface area contributed by atoms with Crippen molar-refractivity contribution in [2.24, 2.45) is 0 Å². The van der Waals surface area contributed by atoms with E-state index in [0.29, 0.717) is 11.3 Å². The van der Waals surface area contributed by atoms with Gasteiger partial charge in [0, 0.05) is 17.0 Å². The number of nitrogens with zero attached hydrogens (tertiary/aromatic N) is 1. The van der Waals surface area contributed by atoms with Crippen LogP contribution in [-0.2, 0) is 16.1 Å². The molecule has 0 unspecified atom stereocenters. The predicted octanol–water partition coefficient (Wildman–Crippen LogP) is 3.48. The SMILES string of the molecule is Cc1ccc(OCCC(=O)OCc2csc([N+](=O)[O-])c2)cc1. The number of benzene rings is 1. The molecule has 1 heterocycles. The van der Waals surface area contributed by atoms with Gasteiger partial charge in [0.25, 0.3) is 0 Å². The van der Waals surface area contributed by atoms with E-state index in [1.165, 1.54) is 6.07 Å². The first-order valence-electron chi connectivity index (χ1n) is 6.61. The third-order valence-corrected chi connectivity index (χ3v) is 3.74. The first kappa shape index (κ1) is 16.0. The van der Waals surface area contributed by atoms with Crippen molar-refractivity contribution in [1.29, 1.82) is 0 Å². The molecule has 2 rings (SSSR count). The number of rotatable bonds is 7.